The van der Waals surface area contributed by atoms with E-state index in [4.69, 9.17) is 5.73 Å². The summed E-state index contributed by atoms with van der Waals surface area (Å²) in [6.45, 7) is 3.54. The van der Waals surface area contributed by atoms with E-state index in [0.717, 1.165) is 11.4 Å². The first kappa shape index (κ1) is 11.1. The summed E-state index contributed by atoms with van der Waals surface area (Å²) < 4.78 is 1.78. The van der Waals surface area contributed by atoms with Crippen molar-refractivity contribution in [2.75, 3.05) is 5.73 Å². The molecule has 1 heterocycles. The van der Waals surface area contributed by atoms with Crippen LogP contribution < -0.4 is 5.73 Å². The Labute approximate surface area is 97.9 Å². The van der Waals surface area contributed by atoms with Gasteiger partial charge in [0.2, 0.25) is 0 Å². The zero-order valence-corrected chi connectivity index (χ0v) is 9.54. The van der Waals surface area contributed by atoms with E-state index >= 15 is 0 Å². The summed E-state index contributed by atoms with van der Waals surface area (Å²) in [5.74, 6) is 0. The highest BCUT2D eigenvalue weighted by atomic mass is 16.6. The molecule has 0 spiro atoms. The predicted octanol–water partition coefficient (Wildman–Crippen LogP) is 1.98. The van der Waals surface area contributed by atoms with Crippen LogP contribution in [0, 0.1) is 24.0 Å². The van der Waals surface area contributed by atoms with E-state index in [-0.39, 0.29) is 11.4 Å². The lowest BCUT2D eigenvalue weighted by Gasteiger charge is -2.06. The van der Waals surface area contributed by atoms with Crippen molar-refractivity contribution < 1.29 is 4.92 Å². The molecular weight excluding hydrogens is 220 g/mol. The number of rotatable bonds is 2. The van der Waals surface area contributed by atoms with Gasteiger partial charge in [0, 0.05) is 17.4 Å². The van der Waals surface area contributed by atoms with Crippen LogP contribution in [0.15, 0.2) is 24.7 Å². The lowest BCUT2D eigenvalue weighted by molar-refractivity contribution is -0.384. The first-order chi connectivity index (χ1) is 7.99. The van der Waals surface area contributed by atoms with Gasteiger partial charge < -0.3 is 10.3 Å². The number of nitrogens with zero attached hydrogens (tertiary/aromatic N) is 3. The number of imidazole rings is 1. The number of anilines is 1. The molecule has 88 valence electrons. The van der Waals surface area contributed by atoms with E-state index in [1.807, 2.05) is 13.1 Å². The Morgan fingerprint density at radius 3 is 2.59 bits per heavy atom. The van der Waals surface area contributed by atoms with Gasteiger partial charge in [-0.2, -0.15) is 0 Å². The van der Waals surface area contributed by atoms with Gasteiger partial charge in [-0.15, -0.1) is 0 Å². The average Bonchev–Trinajstić information content (AvgIpc) is 2.63. The number of hydrogen-bond acceptors (Lipinski definition) is 4. The second-order valence-corrected chi connectivity index (χ2v) is 3.88. The molecule has 0 saturated heterocycles. The van der Waals surface area contributed by atoms with Crippen LogP contribution in [-0.4, -0.2) is 14.5 Å². The van der Waals surface area contributed by atoms with Gasteiger partial charge in [-0.05, 0) is 26.0 Å². The molecule has 0 amide bonds. The van der Waals surface area contributed by atoms with Gasteiger partial charge >= 0.3 is 0 Å². The van der Waals surface area contributed by atoms with Crippen LogP contribution in [0.5, 0.6) is 0 Å². The summed E-state index contributed by atoms with van der Waals surface area (Å²) in [6, 6.07) is 3.29. The molecule has 0 aliphatic carbocycles. The molecule has 0 bridgehead atoms. The molecule has 0 unspecified atom stereocenters. The SMILES string of the molecule is Cc1cn(-c2cc(C)c([N+](=O)[O-])c(N)c2)cn1. The van der Waals surface area contributed by atoms with Crippen LogP contribution in [0.3, 0.4) is 0 Å². The summed E-state index contributed by atoms with van der Waals surface area (Å²) in [6.07, 6.45) is 3.48. The molecule has 0 fully saturated rings. The minimum absolute atomic E-state index is 0.0365. The smallest absolute Gasteiger partial charge is 0.295 e. The molecule has 0 aliphatic heterocycles. The highest BCUT2D eigenvalue weighted by Gasteiger charge is 2.16. The predicted molar refractivity (Wildman–Crippen MR) is 64.1 cm³/mol. The van der Waals surface area contributed by atoms with Crippen LogP contribution in [0.1, 0.15) is 11.3 Å². The fraction of sp³-hybridized carbons (Fsp3) is 0.182. The Hall–Kier alpha value is -2.37. The van der Waals surface area contributed by atoms with Crippen molar-refractivity contribution in [1.82, 2.24) is 9.55 Å². The van der Waals surface area contributed by atoms with Crippen LogP contribution in [0.4, 0.5) is 11.4 Å². The van der Waals surface area contributed by atoms with Crippen molar-refractivity contribution >= 4 is 11.4 Å². The summed E-state index contributed by atoms with van der Waals surface area (Å²) in [5.41, 5.74) is 8.00. The number of nitro benzene ring substituents is 1. The van der Waals surface area contributed by atoms with Gasteiger partial charge in [0.05, 0.1) is 16.9 Å². The van der Waals surface area contributed by atoms with E-state index in [9.17, 15) is 10.1 Å². The standard InChI is InChI=1S/C11H12N4O2/c1-7-3-9(14-5-8(2)13-6-14)4-10(12)11(7)15(16)17/h3-6H,12H2,1-2H3. The number of aromatic nitrogens is 2. The van der Waals surface area contributed by atoms with E-state index in [1.165, 1.54) is 0 Å². The molecule has 0 saturated carbocycles. The van der Waals surface area contributed by atoms with Crippen LogP contribution in [-0.2, 0) is 0 Å². The summed E-state index contributed by atoms with van der Waals surface area (Å²) >= 11 is 0. The van der Waals surface area contributed by atoms with E-state index in [2.05, 4.69) is 4.98 Å². The van der Waals surface area contributed by atoms with Crippen molar-refractivity contribution in [1.29, 1.82) is 0 Å². The first-order valence-corrected chi connectivity index (χ1v) is 5.04. The number of nitrogens with two attached hydrogens (primary N) is 1. The van der Waals surface area contributed by atoms with Gasteiger partial charge in [0.1, 0.15) is 5.69 Å². The molecule has 6 heteroatoms. The second kappa shape index (κ2) is 3.89. The lowest BCUT2D eigenvalue weighted by atomic mass is 10.1. The highest BCUT2D eigenvalue weighted by molar-refractivity contribution is 5.66. The van der Waals surface area contributed by atoms with Gasteiger partial charge in [0.25, 0.3) is 5.69 Å². The minimum atomic E-state index is -0.465. The van der Waals surface area contributed by atoms with Crippen molar-refractivity contribution in [2.45, 2.75) is 13.8 Å². The highest BCUT2D eigenvalue weighted by Crippen LogP contribution is 2.28. The van der Waals surface area contributed by atoms with Gasteiger partial charge in [-0.1, -0.05) is 0 Å². The molecule has 6 nitrogen and oxygen atoms in total. The minimum Gasteiger partial charge on any atom is -0.393 e. The maximum Gasteiger partial charge on any atom is 0.295 e. The Morgan fingerprint density at radius 1 is 1.41 bits per heavy atom. The molecule has 2 N–H and O–H groups in total. The molecular formula is C11H12N4O2. The quantitative estimate of drug-likeness (QED) is 0.487. The van der Waals surface area contributed by atoms with Gasteiger partial charge in [-0.25, -0.2) is 4.98 Å². The van der Waals surface area contributed by atoms with Crippen LogP contribution in [0.25, 0.3) is 5.69 Å². The molecule has 2 aromatic rings. The number of nitro groups is 1. The first-order valence-electron chi connectivity index (χ1n) is 5.04. The van der Waals surface area contributed by atoms with Crippen molar-refractivity contribution in [3.63, 3.8) is 0 Å². The van der Waals surface area contributed by atoms with Crippen LogP contribution >= 0.6 is 0 Å². The second-order valence-electron chi connectivity index (χ2n) is 3.88. The Kier molecular flexibility index (Phi) is 2.55. The molecule has 0 radical (unpaired) electrons. The molecule has 1 aromatic carbocycles. The van der Waals surface area contributed by atoms with E-state index in [0.29, 0.717) is 5.56 Å². The third-order valence-electron chi connectivity index (χ3n) is 2.51. The van der Waals surface area contributed by atoms with E-state index in [1.54, 1.807) is 30.0 Å². The molecule has 1 aromatic heterocycles. The Morgan fingerprint density at radius 2 is 2.12 bits per heavy atom. The Bertz CT molecular complexity index is 566. The van der Waals surface area contributed by atoms with E-state index < -0.39 is 4.92 Å². The number of hydrogen-bond donors (Lipinski definition) is 1. The molecule has 2 rings (SSSR count). The average molecular weight is 232 g/mol. The number of nitrogen functional groups attached to an aromatic ring is 1. The molecule has 0 aliphatic rings. The van der Waals surface area contributed by atoms with Crippen molar-refractivity contribution in [3.05, 3.63) is 46.0 Å². The third kappa shape index (κ3) is 1.96. The zero-order valence-electron chi connectivity index (χ0n) is 9.54. The molecule has 0 atom stereocenters. The zero-order chi connectivity index (χ0) is 12.6. The number of aryl methyl sites for hydroxylation is 2. The largest absolute Gasteiger partial charge is 0.393 e. The summed E-state index contributed by atoms with van der Waals surface area (Å²) in [4.78, 5) is 14.4. The monoisotopic (exact) mass is 232 g/mol. The van der Waals surface area contributed by atoms with Crippen molar-refractivity contribution in [3.8, 4) is 5.69 Å². The number of benzene rings is 1. The Balaban J connectivity index is 2.56. The topological polar surface area (TPSA) is 87.0 Å². The maximum atomic E-state index is 10.8. The van der Waals surface area contributed by atoms with Crippen LogP contribution in [0.2, 0.25) is 0 Å². The fourth-order valence-electron chi connectivity index (χ4n) is 1.75. The van der Waals surface area contributed by atoms with Gasteiger partial charge in [0.15, 0.2) is 0 Å². The van der Waals surface area contributed by atoms with Gasteiger partial charge in [-0.3, -0.25) is 10.1 Å². The lowest BCUT2D eigenvalue weighted by Crippen LogP contribution is -2.01. The fourth-order valence-corrected chi connectivity index (χ4v) is 1.75. The summed E-state index contributed by atoms with van der Waals surface area (Å²) in [5, 5.41) is 10.8. The van der Waals surface area contributed by atoms with Crippen molar-refractivity contribution in [2.24, 2.45) is 0 Å². The maximum absolute atomic E-state index is 10.8. The molecule has 17 heavy (non-hydrogen) atoms. The third-order valence-corrected chi connectivity index (χ3v) is 2.51. The normalized spacial score (nSPS) is 10.5. The summed E-state index contributed by atoms with van der Waals surface area (Å²) in [7, 11) is 0.